The summed E-state index contributed by atoms with van der Waals surface area (Å²) in [7, 11) is 0. The molecule has 0 unspecified atom stereocenters. The number of aromatic hydroxyl groups is 1. The minimum atomic E-state index is 0.376. The second kappa shape index (κ2) is 5.17. The van der Waals surface area contributed by atoms with Crippen molar-refractivity contribution in [3.63, 3.8) is 0 Å². The normalized spacial score (nSPS) is 37.1. The Morgan fingerprint density at radius 2 is 1.71 bits per heavy atom. The second-order valence-electron chi connectivity index (χ2n) is 7.89. The third kappa shape index (κ3) is 2.68. The number of rotatable bonds is 4. The van der Waals surface area contributed by atoms with E-state index in [1.165, 1.54) is 45.1 Å². The fourth-order valence-electron chi connectivity index (χ4n) is 5.79. The third-order valence-corrected chi connectivity index (χ3v) is 6.38. The highest BCUT2D eigenvalue weighted by Crippen LogP contribution is 2.59. The van der Waals surface area contributed by atoms with Gasteiger partial charge in [0.05, 0.1) is 6.54 Å². The summed E-state index contributed by atoms with van der Waals surface area (Å²) in [5.74, 6) is 3.43. The van der Waals surface area contributed by atoms with E-state index in [9.17, 15) is 5.11 Å². The lowest BCUT2D eigenvalue weighted by Crippen LogP contribution is -2.86. The van der Waals surface area contributed by atoms with Crippen LogP contribution in [0.3, 0.4) is 0 Å². The first-order valence-electron chi connectivity index (χ1n) is 8.41. The lowest BCUT2D eigenvalue weighted by molar-refractivity contribution is -0.684. The number of benzene rings is 1. The van der Waals surface area contributed by atoms with Gasteiger partial charge in [0, 0.05) is 16.0 Å². The Kier molecular flexibility index (Phi) is 3.42. The predicted molar refractivity (Wildman–Crippen MR) is 84.2 cm³/mol. The molecule has 0 aliphatic heterocycles. The summed E-state index contributed by atoms with van der Waals surface area (Å²) in [5.41, 5.74) is 1.57. The first kappa shape index (κ1) is 13.9. The maximum Gasteiger partial charge on any atom is 0.124 e. The molecule has 1 aromatic rings. The molecule has 4 saturated carbocycles. The van der Waals surface area contributed by atoms with Gasteiger partial charge in [0.1, 0.15) is 12.3 Å². The van der Waals surface area contributed by atoms with Crippen molar-refractivity contribution in [3.05, 3.63) is 28.8 Å². The lowest BCUT2D eigenvalue weighted by atomic mass is 9.49. The van der Waals surface area contributed by atoms with E-state index in [-0.39, 0.29) is 0 Å². The van der Waals surface area contributed by atoms with Gasteiger partial charge >= 0.3 is 0 Å². The highest BCUT2D eigenvalue weighted by atomic mass is 35.5. The first-order chi connectivity index (χ1) is 10.1. The summed E-state index contributed by atoms with van der Waals surface area (Å²) < 4.78 is 0. The van der Waals surface area contributed by atoms with Gasteiger partial charge in [0.25, 0.3) is 0 Å². The summed E-state index contributed by atoms with van der Waals surface area (Å²) in [6, 6.07) is 5.35. The molecule has 1 aromatic carbocycles. The van der Waals surface area contributed by atoms with Crippen molar-refractivity contribution in [2.45, 2.75) is 45.1 Å². The van der Waals surface area contributed by atoms with Gasteiger partial charge in [0.15, 0.2) is 0 Å². The van der Waals surface area contributed by atoms with Crippen molar-refractivity contribution in [2.75, 3.05) is 6.54 Å². The number of quaternary nitrogens is 1. The Morgan fingerprint density at radius 3 is 2.33 bits per heavy atom. The topological polar surface area (TPSA) is 36.8 Å². The molecule has 0 atom stereocenters. The van der Waals surface area contributed by atoms with E-state index in [0.29, 0.717) is 16.2 Å². The maximum absolute atomic E-state index is 9.92. The van der Waals surface area contributed by atoms with Gasteiger partial charge < -0.3 is 10.4 Å². The zero-order valence-electron chi connectivity index (χ0n) is 12.5. The number of nitrogens with two attached hydrogens (primary N) is 1. The molecule has 0 aromatic heterocycles. The Bertz CT molecular complexity index is 507. The van der Waals surface area contributed by atoms with E-state index >= 15 is 0 Å². The van der Waals surface area contributed by atoms with E-state index in [2.05, 4.69) is 5.32 Å². The van der Waals surface area contributed by atoms with Gasteiger partial charge in [-0.05, 0) is 74.5 Å². The summed E-state index contributed by atoms with van der Waals surface area (Å²) in [4.78, 5) is 0. The number of hydrogen-bond donors (Lipinski definition) is 2. The van der Waals surface area contributed by atoms with Crippen LogP contribution < -0.4 is 5.32 Å². The Morgan fingerprint density at radius 1 is 1.10 bits per heavy atom. The van der Waals surface area contributed by atoms with Crippen molar-refractivity contribution in [1.82, 2.24) is 0 Å². The maximum atomic E-state index is 9.92. The largest absolute Gasteiger partial charge is 0.507 e. The highest BCUT2D eigenvalue weighted by Gasteiger charge is 2.51. The molecule has 3 heteroatoms. The average molecular weight is 307 g/mol. The van der Waals surface area contributed by atoms with Crippen LogP contribution in [-0.2, 0) is 6.54 Å². The predicted octanol–water partition coefficient (Wildman–Crippen LogP) is 3.33. The van der Waals surface area contributed by atoms with Crippen molar-refractivity contribution in [2.24, 2.45) is 23.2 Å². The first-order valence-corrected chi connectivity index (χ1v) is 8.79. The molecule has 3 N–H and O–H groups in total. The highest BCUT2D eigenvalue weighted by molar-refractivity contribution is 6.30. The van der Waals surface area contributed by atoms with E-state index in [4.69, 9.17) is 11.6 Å². The Balaban J connectivity index is 1.40. The van der Waals surface area contributed by atoms with Crippen LogP contribution in [0.2, 0.25) is 5.02 Å². The fraction of sp³-hybridized carbons (Fsp3) is 0.667. The molecule has 0 radical (unpaired) electrons. The minimum Gasteiger partial charge on any atom is -0.507 e. The fourth-order valence-corrected chi connectivity index (χ4v) is 5.99. The molecule has 5 rings (SSSR count). The average Bonchev–Trinajstić information content (AvgIpc) is 2.41. The number of halogens is 1. The summed E-state index contributed by atoms with van der Waals surface area (Å²) in [5, 5.41) is 13.0. The van der Waals surface area contributed by atoms with E-state index < -0.39 is 0 Å². The molecular weight excluding hydrogens is 282 g/mol. The molecule has 0 heterocycles. The molecular formula is C18H25ClNO+. The Hall–Kier alpha value is -0.730. The summed E-state index contributed by atoms with van der Waals surface area (Å²) >= 11 is 6.03. The van der Waals surface area contributed by atoms with Crippen LogP contribution in [-0.4, -0.2) is 11.7 Å². The zero-order valence-corrected chi connectivity index (χ0v) is 13.3. The monoisotopic (exact) mass is 306 g/mol. The van der Waals surface area contributed by atoms with Crippen LogP contribution in [0.5, 0.6) is 5.75 Å². The zero-order chi connectivity index (χ0) is 14.4. The van der Waals surface area contributed by atoms with Crippen molar-refractivity contribution < 1.29 is 10.4 Å². The number of phenolic OH excluding ortho intramolecular Hbond substituents is 1. The molecule has 0 amide bonds. The van der Waals surface area contributed by atoms with Gasteiger partial charge in [-0.25, -0.2) is 0 Å². The molecule has 2 nitrogen and oxygen atoms in total. The van der Waals surface area contributed by atoms with Crippen LogP contribution in [0, 0.1) is 23.2 Å². The molecule has 4 fully saturated rings. The smallest absolute Gasteiger partial charge is 0.124 e. The van der Waals surface area contributed by atoms with E-state index in [1.54, 1.807) is 12.1 Å². The lowest BCUT2D eigenvalue weighted by Gasteiger charge is -2.56. The Labute approximate surface area is 131 Å². The summed E-state index contributed by atoms with van der Waals surface area (Å²) in [6.07, 6.45) is 8.89. The summed E-state index contributed by atoms with van der Waals surface area (Å²) in [6.45, 7) is 2.07. The second-order valence-corrected chi connectivity index (χ2v) is 8.32. The van der Waals surface area contributed by atoms with E-state index in [1.807, 2.05) is 6.07 Å². The molecule has 4 aliphatic rings. The van der Waals surface area contributed by atoms with Gasteiger partial charge in [-0.3, -0.25) is 0 Å². The molecule has 0 spiro atoms. The SMILES string of the molecule is Oc1ccc(Cl)cc1C[NH2+]CC12CC3CC(CC(C3)C1)C2. The standard InChI is InChI=1S/C18H24ClNO/c19-16-1-2-17(21)15(6-16)10-20-11-18-7-12-3-13(8-18)5-14(4-12)9-18/h1-2,6,12-14,20-21H,3-5,7-11H2/p+1. The van der Waals surface area contributed by atoms with Crippen LogP contribution in [0.4, 0.5) is 0 Å². The molecule has 21 heavy (non-hydrogen) atoms. The van der Waals surface area contributed by atoms with E-state index in [0.717, 1.165) is 29.9 Å². The van der Waals surface area contributed by atoms with Crippen LogP contribution in [0.25, 0.3) is 0 Å². The van der Waals surface area contributed by atoms with Crippen molar-refractivity contribution >= 4 is 11.6 Å². The van der Waals surface area contributed by atoms with Gasteiger partial charge in [-0.15, -0.1) is 0 Å². The molecule has 4 bridgehead atoms. The van der Waals surface area contributed by atoms with Crippen LogP contribution >= 0.6 is 11.6 Å². The van der Waals surface area contributed by atoms with Gasteiger partial charge in [-0.2, -0.15) is 0 Å². The third-order valence-electron chi connectivity index (χ3n) is 6.15. The quantitative estimate of drug-likeness (QED) is 0.879. The van der Waals surface area contributed by atoms with Gasteiger partial charge in [0.2, 0.25) is 0 Å². The van der Waals surface area contributed by atoms with Crippen LogP contribution in [0.15, 0.2) is 18.2 Å². The molecule has 114 valence electrons. The minimum absolute atomic E-state index is 0.376. The number of hydrogen-bond acceptors (Lipinski definition) is 1. The molecule has 4 aliphatic carbocycles. The van der Waals surface area contributed by atoms with Crippen LogP contribution in [0.1, 0.15) is 44.1 Å². The van der Waals surface area contributed by atoms with Crippen molar-refractivity contribution in [1.29, 1.82) is 0 Å². The number of phenols is 1. The van der Waals surface area contributed by atoms with Gasteiger partial charge in [-0.1, -0.05) is 11.6 Å². The molecule has 0 saturated heterocycles. The van der Waals surface area contributed by atoms with Crippen molar-refractivity contribution in [3.8, 4) is 5.75 Å².